The molecule has 0 spiro atoms. The standard InChI is InChI=1S/C23H33NO5/c1-22-14-17(25)21-15(16(22)7-8-18(22)26)6-9-20(28)29-23(21,2)11-10-19(27)24-12-4-3-5-13-24/h15-16,21H,3-14H2,1-2H3. The number of ketones is 2. The molecule has 4 fully saturated rings. The molecule has 1 amide bonds. The van der Waals surface area contributed by atoms with Crippen molar-refractivity contribution in [2.45, 2.75) is 83.7 Å². The minimum atomic E-state index is -0.965. The summed E-state index contributed by atoms with van der Waals surface area (Å²) in [5.74, 6) is -0.275. The van der Waals surface area contributed by atoms with Crippen LogP contribution in [0.4, 0.5) is 0 Å². The number of esters is 1. The van der Waals surface area contributed by atoms with Gasteiger partial charge in [0, 0.05) is 44.2 Å². The molecule has 0 radical (unpaired) electrons. The normalized spacial score (nSPS) is 40.1. The van der Waals surface area contributed by atoms with Gasteiger partial charge in [0.1, 0.15) is 17.2 Å². The Balaban J connectivity index is 1.56. The molecule has 160 valence electrons. The third kappa shape index (κ3) is 3.53. The lowest BCUT2D eigenvalue weighted by atomic mass is 9.55. The van der Waals surface area contributed by atoms with E-state index in [2.05, 4.69) is 0 Å². The van der Waals surface area contributed by atoms with Crippen LogP contribution in [-0.4, -0.2) is 47.0 Å². The lowest BCUT2D eigenvalue weighted by Gasteiger charge is -2.48. The number of carbonyl (C=O) groups is 4. The highest BCUT2D eigenvalue weighted by atomic mass is 16.6. The number of ether oxygens (including phenoxy) is 1. The molecule has 0 aromatic carbocycles. The van der Waals surface area contributed by atoms with Gasteiger partial charge in [0.25, 0.3) is 0 Å². The zero-order valence-corrected chi connectivity index (χ0v) is 17.7. The molecule has 4 rings (SSSR count). The molecule has 2 aliphatic heterocycles. The SMILES string of the molecule is CC1(CCC(=O)N2CCCCC2)OC(=O)CCC2C1C(=O)CC1(C)C(=O)CCC21. The highest BCUT2D eigenvalue weighted by molar-refractivity contribution is 5.95. The number of fused-ring (bicyclic) bond motifs is 3. The van der Waals surface area contributed by atoms with E-state index in [1.807, 2.05) is 18.7 Å². The Kier molecular flexibility index (Phi) is 5.32. The maximum Gasteiger partial charge on any atom is 0.306 e. The van der Waals surface area contributed by atoms with Gasteiger partial charge in [0.15, 0.2) is 0 Å². The topological polar surface area (TPSA) is 80.8 Å². The van der Waals surface area contributed by atoms with Crippen LogP contribution in [0.15, 0.2) is 0 Å². The largest absolute Gasteiger partial charge is 0.459 e. The molecule has 4 aliphatic rings. The Labute approximate surface area is 172 Å². The van der Waals surface area contributed by atoms with Crippen molar-refractivity contribution >= 4 is 23.4 Å². The molecular formula is C23H33NO5. The summed E-state index contributed by atoms with van der Waals surface area (Å²) in [6.45, 7) is 5.37. The van der Waals surface area contributed by atoms with Gasteiger partial charge >= 0.3 is 5.97 Å². The summed E-state index contributed by atoms with van der Waals surface area (Å²) in [6.07, 6.45) is 6.34. The third-order valence-electron chi connectivity index (χ3n) is 8.20. The number of piperidine rings is 1. The smallest absolute Gasteiger partial charge is 0.306 e. The van der Waals surface area contributed by atoms with E-state index in [0.717, 1.165) is 38.8 Å². The number of hydrogen-bond donors (Lipinski definition) is 0. The van der Waals surface area contributed by atoms with E-state index in [-0.39, 0.29) is 48.1 Å². The van der Waals surface area contributed by atoms with E-state index in [0.29, 0.717) is 25.7 Å². The van der Waals surface area contributed by atoms with Crippen LogP contribution in [0.1, 0.15) is 78.1 Å². The van der Waals surface area contributed by atoms with E-state index in [4.69, 9.17) is 4.74 Å². The summed E-state index contributed by atoms with van der Waals surface area (Å²) in [7, 11) is 0. The van der Waals surface area contributed by atoms with Gasteiger partial charge < -0.3 is 9.64 Å². The number of cyclic esters (lactones) is 1. The van der Waals surface area contributed by atoms with Crippen molar-refractivity contribution in [2.24, 2.45) is 23.2 Å². The highest BCUT2D eigenvalue weighted by Gasteiger charge is 2.61. The number of nitrogens with zero attached hydrogens (tertiary/aromatic N) is 1. The van der Waals surface area contributed by atoms with Crippen LogP contribution in [0.2, 0.25) is 0 Å². The van der Waals surface area contributed by atoms with Crippen molar-refractivity contribution in [1.82, 2.24) is 4.90 Å². The predicted molar refractivity (Wildman–Crippen MR) is 106 cm³/mol. The van der Waals surface area contributed by atoms with Gasteiger partial charge in [-0.3, -0.25) is 19.2 Å². The average molecular weight is 404 g/mol. The zero-order valence-electron chi connectivity index (χ0n) is 17.7. The summed E-state index contributed by atoms with van der Waals surface area (Å²) in [5.41, 5.74) is -1.55. The first-order valence-corrected chi connectivity index (χ1v) is 11.3. The fourth-order valence-corrected chi connectivity index (χ4v) is 6.64. The highest BCUT2D eigenvalue weighted by Crippen LogP contribution is 2.58. The van der Waals surface area contributed by atoms with Crippen molar-refractivity contribution < 1.29 is 23.9 Å². The Hall–Kier alpha value is -1.72. The van der Waals surface area contributed by atoms with Crippen molar-refractivity contribution in [3.8, 4) is 0 Å². The summed E-state index contributed by atoms with van der Waals surface area (Å²) < 4.78 is 5.87. The van der Waals surface area contributed by atoms with E-state index < -0.39 is 16.9 Å². The van der Waals surface area contributed by atoms with E-state index in [1.54, 1.807) is 0 Å². The molecule has 0 bridgehead atoms. The van der Waals surface area contributed by atoms with Gasteiger partial charge in [0.05, 0.1) is 5.92 Å². The molecule has 5 atom stereocenters. The molecular weight excluding hydrogens is 370 g/mol. The fraction of sp³-hybridized carbons (Fsp3) is 0.826. The minimum absolute atomic E-state index is 0.0192. The Bertz CT molecular complexity index is 727. The Morgan fingerprint density at radius 1 is 1.07 bits per heavy atom. The number of carbonyl (C=O) groups excluding carboxylic acids is 4. The van der Waals surface area contributed by atoms with Crippen LogP contribution in [0.5, 0.6) is 0 Å². The fourth-order valence-electron chi connectivity index (χ4n) is 6.64. The predicted octanol–water partition coefficient (Wildman–Crippen LogP) is 3.07. The van der Waals surface area contributed by atoms with Crippen LogP contribution in [0, 0.1) is 23.2 Å². The lowest BCUT2D eigenvalue weighted by molar-refractivity contribution is -0.172. The molecule has 2 aliphatic carbocycles. The monoisotopic (exact) mass is 403 g/mol. The summed E-state index contributed by atoms with van der Waals surface area (Å²) in [5, 5.41) is 0. The first-order chi connectivity index (χ1) is 13.7. The first kappa shape index (κ1) is 20.5. The molecule has 2 saturated heterocycles. The molecule has 0 aromatic rings. The van der Waals surface area contributed by atoms with Gasteiger partial charge in [0.2, 0.25) is 5.91 Å². The lowest BCUT2D eigenvalue weighted by Crippen LogP contribution is -2.54. The first-order valence-electron chi connectivity index (χ1n) is 11.3. The van der Waals surface area contributed by atoms with Crippen molar-refractivity contribution in [2.75, 3.05) is 13.1 Å². The second kappa shape index (κ2) is 7.51. The maximum atomic E-state index is 13.3. The Morgan fingerprint density at radius 3 is 2.52 bits per heavy atom. The van der Waals surface area contributed by atoms with Gasteiger partial charge in [-0.25, -0.2) is 0 Å². The molecule has 0 N–H and O–H groups in total. The summed E-state index contributed by atoms with van der Waals surface area (Å²) in [6, 6.07) is 0. The average Bonchev–Trinajstić information content (AvgIpc) is 2.90. The number of likely N-dealkylation sites (tertiary alicyclic amines) is 1. The van der Waals surface area contributed by atoms with Gasteiger partial charge in [-0.2, -0.15) is 0 Å². The van der Waals surface area contributed by atoms with E-state index >= 15 is 0 Å². The molecule has 6 nitrogen and oxygen atoms in total. The molecule has 5 unspecified atom stereocenters. The molecule has 2 heterocycles. The molecule has 2 saturated carbocycles. The molecule has 0 aromatic heterocycles. The zero-order chi connectivity index (χ0) is 20.8. The number of amides is 1. The Morgan fingerprint density at radius 2 is 1.79 bits per heavy atom. The molecule has 29 heavy (non-hydrogen) atoms. The number of Topliss-reactive ketones (excluding diaryl/α,β-unsaturated/α-hetero) is 2. The minimum Gasteiger partial charge on any atom is -0.459 e. The van der Waals surface area contributed by atoms with E-state index in [1.165, 1.54) is 0 Å². The van der Waals surface area contributed by atoms with Crippen LogP contribution in [0.25, 0.3) is 0 Å². The van der Waals surface area contributed by atoms with E-state index in [9.17, 15) is 19.2 Å². The van der Waals surface area contributed by atoms with Crippen molar-refractivity contribution in [3.63, 3.8) is 0 Å². The van der Waals surface area contributed by atoms with Crippen LogP contribution < -0.4 is 0 Å². The van der Waals surface area contributed by atoms with Crippen molar-refractivity contribution in [3.05, 3.63) is 0 Å². The third-order valence-corrected chi connectivity index (χ3v) is 8.20. The van der Waals surface area contributed by atoms with Crippen molar-refractivity contribution in [1.29, 1.82) is 0 Å². The second-order valence-electron chi connectivity index (χ2n) is 10.0. The number of hydrogen-bond acceptors (Lipinski definition) is 5. The molecule has 6 heteroatoms. The maximum absolute atomic E-state index is 13.3. The number of rotatable bonds is 3. The van der Waals surface area contributed by atoms with Crippen LogP contribution in [0.3, 0.4) is 0 Å². The van der Waals surface area contributed by atoms with Crippen LogP contribution >= 0.6 is 0 Å². The van der Waals surface area contributed by atoms with Gasteiger partial charge in [-0.15, -0.1) is 0 Å². The summed E-state index contributed by atoms with van der Waals surface area (Å²) >= 11 is 0. The van der Waals surface area contributed by atoms with Gasteiger partial charge in [-0.1, -0.05) is 6.92 Å². The summed E-state index contributed by atoms with van der Waals surface area (Å²) in [4.78, 5) is 52.9. The van der Waals surface area contributed by atoms with Gasteiger partial charge in [-0.05, 0) is 57.3 Å². The quantitative estimate of drug-likeness (QED) is 0.677. The second-order valence-corrected chi connectivity index (χ2v) is 10.0. The van der Waals surface area contributed by atoms with Crippen LogP contribution in [-0.2, 0) is 23.9 Å².